The van der Waals surface area contributed by atoms with E-state index in [1.807, 2.05) is 0 Å². The Labute approximate surface area is 127 Å². The van der Waals surface area contributed by atoms with E-state index in [1.165, 1.54) is 34.1 Å². The summed E-state index contributed by atoms with van der Waals surface area (Å²) in [7, 11) is 0. The van der Waals surface area contributed by atoms with Crippen LogP contribution in [-0.2, 0) is 12.8 Å². The molecule has 98 valence electrons. The Morgan fingerprint density at radius 2 is 1.84 bits per heavy atom. The Balaban J connectivity index is 2.01. The zero-order valence-electron chi connectivity index (χ0n) is 10.8. The van der Waals surface area contributed by atoms with Crippen molar-refractivity contribution < 1.29 is 0 Å². The smallest absolute Gasteiger partial charge is 0.116 e. The second-order valence-electron chi connectivity index (χ2n) is 5.11. The number of benzene rings is 1. The Bertz CT molecular complexity index is 554. The lowest BCUT2D eigenvalue weighted by Crippen LogP contribution is -2.01. The molecule has 1 aliphatic rings. The van der Waals surface area contributed by atoms with E-state index in [1.54, 1.807) is 6.33 Å². The second-order valence-corrected chi connectivity index (χ2v) is 5.99. The van der Waals surface area contributed by atoms with Gasteiger partial charge in [-0.25, -0.2) is 9.97 Å². The molecule has 2 nitrogen and oxygen atoms in total. The fourth-order valence-corrected chi connectivity index (χ4v) is 3.64. The van der Waals surface area contributed by atoms with Crippen LogP contribution in [-0.4, -0.2) is 14.4 Å². The summed E-state index contributed by atoms with van der Waals surface area (Å²) in [5.74, 6) is 0.832. The van der Waals surface area contributed by atoms with Gasteiger partial charge in [-0.1, -0.05) is 52.9 Å². The van der Waals surface area contributed by atoms with Crippen molar-refractivity contribution in [2.45, 2.75) is 25.7 Å². The zero-order chi connectivity index (χ0) is 13.1. The van der Waals surface area contributed by atoms with Crippen LogP contribution in [0.4, 0.5) is 0 Å². The summed E-state index contributed by atoms with van der Waals surface area (Å²) in [6.07, 6.45) is 6.48. The molecule has 19 heavy (non-hydrogen) atoms. The van der Waals surface area contributed by atoms with Crippen LogP contribution >= 0.6 is 22.6 Å². The van der Waals surface area contributed by atoms with Crippen molar-refractivity contribution in [1.29, 1.82) is 0 Å². The first-order chi connectivity index (χ1) is 9.38. The van der Waals surface area contributed by atoms with Gasteiger partial charge in [0, 0.05) is 15.7 Å². The number of aromatic nitrogens is 2. The molecule has 0 amide bonds. The van der Waals surface area contributed by atoms with Gasteiger partial charge in [-0.3, -0.25) is 0 Å². The molecule has 0 spiro atoms. The molecule has 1 atom stereocenters. The SMILES string of the molecule is ICC1CCc2ncnc(-c3ccccc3)c2CC1. The monoisotopic (exact) mass is 364 g/mol. The number of fused-ring (bicyclic) bond motifs is 1. The van der Waals surface area contributed by atoms with Crippen LogP contribution in [0.5, 0.6) is 0 Å². The van der Waals surface area contributed by atoms with Crippen molar-refractivity contribution >= 4 is 22.6 Å². The van der Waals surface area contributed by atoms with Gasteiger partial charge >= 0.3 is 0 Å². The first kappa shape index (κ1) is 13.0. The molecule has 0 bridgehead atoms. The van der Waals surface area contributed by atoms with Crippen LogP contribution in [0.2, 0.25) is 0 Å². The van der Waals surface area contributed by atoms with Crippen LogP contribution < -0.4 is 0 Å². The molecular weight excluding hydrogens is 347 g/mol. The lowest BCUT2D eigenvalue weighted by molar-refractivity contribution is 0.524. The predicted molar refractivity (Wildman–Crippen MR) is 86.5 cm³/mol. The third kappa shape index (κ3) is 2.81. The van der Waals surface area contributed by atoms with Crippen molar-refractivity contribution in [2.24, 2.45) is 5.92 Å². The average molecular weight is 364 g/mol. The van der Waals surface area contributed by atoms with E-state index in [9.17, 15) is 0 Å². The number of nitrogens with zero attached hydrogens (tertiary/aromatic N) is 2. The maximum atomic E-state index is 4.54. The topological polar surface area (TPSA) is 25.8 Å². The van der Waals surface area contributed by atoms with Gasteiger partial charge in [0.05, 0.1) is 5.69 Å². The molecule has 1 aromatic heterocycles. The molecule has 3 heteroatoms. The summed E-state index contributed by atoms with van der Waals surface area (Å²) in [6, 6.07) is 10.5. The van der Waals surface area contributed by atoms with E-state index in [0.29, 0.717) is 0 Å². The van der Waals surface area contributed by atoms with Crippen LogP contribution in [0.25, 0.3) is 11.3 Å². The number of rotatable bonds is 2. The molecule has 1 unspecified atom stereocenters. The number of halogens is 1. The molecule has 2 aromatic rings. The van der Waals surface area contributed by atoms with Crippen LogP contribution in [0.15, 0.2) is 36.7 Å². The molecule has 0 radical (unpaired) electrons. The maximum Gasteiger partial charge on any atom is 0.116 e. The summed E-state index contributed by atoms with van der Waals surface area (Å²) < 4.78 is 1.25. The van der Waals surface area contributed by atoms with E-state index in [-0.39, 0.29) is 0 Å². The molecule has 0 saturated heterocycles. The molecule has 0 saturated carbocycles. The molecular formula is C16H17IN2. The van der Waals surface area contributed by atoms with E-state index < -0.39 is 0 Å². The van der Waals surface area contributed by atoms with E-state index in [4.69, 9.17) is 0 Å². The fraction of sp³-hybridized carbons (Fsp3) is 0.375. The van der Waals surface area contributed by atoms with Crippen LogP contribution in [0, 0.1) is 5.92 Å². The lowest BCUT2D eigenvalue weighted by Gasteiger charge is -2.10. The van der Waals surface area contributed by atoms with Crippen LogP contribution in [0.3, 0.4) is 0 Å². The lowest BCUT2D eigenvalue weighted by atomic mass is 9.99. The standard InChI is InChI=1S/C16H17IN2/c17-10-12-6-8-14-15(9-7-12)18-11-19-16(14)13-4-2-1-3-5-13/h1-5,11-12H,6-10H2. The van der Waals surface area contributed by atoms with Crippen molar-refractivity contribution in [3.05, 3.63) is 47.9 Å². The second kappa shape index (κ2) is 5.99. The van der Waals surface area contributed by atoms with Crippen molar-refractivity contribution in [2.75, 3.05) is 4.43 Å². The Hall–Kier alpha value is -0.970. The summed E-state index contributed by atoms with van der Waals surface area (Å²) in [5.41, 5.74) is 5.00. The first-order valence-corrected chi connectivity index (χ1v) is 8.35. The normalized spacial score (nSPS) is 18.7. The highest BCUT2D eigenvalue weighted by atomic mass is 127. The summed E-state index contributed by atoms with van der Waals surface area (Å²) >= 11 is 2.51. The molecule has 0 aliphatic heterocycles. The Morgan fingerprint density at radius 1 is 1.05 bits per heavy atom. The summed E-state index contributed by atoms with van der Waals surface area (Å²) in [6.45, 7) is 0. The highest BCUT2D eigenvalue weighted by Crippen LogP contribution is 2.30. The zero-order valence-corrected chi connectivity index (χ0v) is 13.0. The van der Waals surface area contributed by atoms with Gasteiger partial charge in [-0.2, -0.15) is 0 Å². The van der Waals surface area contributed by atoms with Gasteiger partial charge < -0.3 is 0 Å². The minimum atomic E-state index is 0.832. The van der Waals surface area contributed by atoms with Gasteiger partial charge in [-0.15, -0.1) is 0 Å². The summed E-state index contributed by atoms with van der Waals surface area (Å²) in [5, 5.41) is 0. The maximum absolute atomic E-state index is 4.54. The number of hydrogen-bond donors (Lipinski definition) is 0. The first-order valence-electron chi connectivity index (χ1n) is 6.82. The highest BCUT2D eigenvalue weighted by Gasteiger charge is 2.19. The molecule has 3 rings (SSSR count). The molecule has 1 aliphatic carbocycles. The van der Waals surface area contributed by atoms with Gasteiger partial charge in [0.25, 0.3) is 0 Å². The van der Waals surface area contributed by atoms with Crippen LogP contribution in [0.1, 0.15) is 24.1 Å². The molecule has 1 aromatic carbocycles. The quantitative estimate of drug-likeness (QED) is 0.456. The Kier molecular flexibility index (Phi) is 4.11. The number of alkyl halides is 1. The number of hydrogen-bond acceptors (Lipinski definition) is 2. The molecule has 1 heterocycles. The highest BCUT2D eigenvalue weighted by molar-refractivity contribution is 14.1. The Morgan fingerprint density at radius 3 is 2.63 bits per heavy atom. The van der Waals surface area contributed by atoms with Gasteiger partial charge in [0.1, 0.15) is 6.33 Å². The van der Waals surface area contributed by atoms with Gasteiger partial charge in [-0.05, 0) is 37.2 Å². The fourth-order valence-electron chi connectivity index (χ4n) is 2.76. The van der Waals surface area contributed by atoms with E-state index >= 15 is 0 Å². The van der Waals surface area contributed by atoms with Crippen molar-refractivity contribution in [3.63, 3.8) is 0 Å². The van der Waals surface area contributed by atoms with Gasteiger partial charge in [0.2, 0.25) is 0 Å². The molecule has 0 N–H and O–H groups in total. The van der Waals surface area contributed by atoms with Crippen molar-refractivity contribution in [1.82, 2.24) is 9.97 Å². The molecule has 0 fully saturated rings. The minimum absolute atomic E-state index is 0.832. The average Bonchev–Trinajstić information content (AvgIpc) is 2.70. The largest absolute Gasteiger partial charge is 0.241 e. The predicted octanol–water partition coefficient (Wildman–Crippen LogP) is 4.07. The van der Waals surface area contributed by atoms with Gasteiger partial charge in [0.15, 0.2) is 0 Å². The summed E-state index contributed by atoms with van der Waals surface area (Å²) in [4.78, 5) is 9.06. The number of aryl methyl sites for hydroxylation is 1. The van der Waals surface area contributed by atoms with E-state index in [2.05, 4.69) is 62.9 Å². The third-order valence-electron chi connectivity index (χ3n) is 3.89. The third-order valence-corrected chi connectivity index (χ3v) is 5.14. The minimum Gasteiger partial charge on any atom is -0.241 e. The van der Waals surface area contributed by atoms with E-state index in [0.717, 1.165) is 24.5 Å². The van der Waals surface area contributed by atoms with Crippen molar-refractivity contribution in [3.8, 4) is 11.3 Å².